The van der Waals surface area contributed by atoms with Crippen molar-refractivity contribution in [2.24, 2.45) is 46.3 Å². The summed E-state index contributed by atoms with van der Waals surface area (Å²) in [6, 6.07) is 35.9. The van der Waals surface area contributed by atoms with Crippen molar-refractivity contribution >= 4 is 50.7 Å². The molecule has 0 saturated heterocycles. The Bertz CT molecular complexity index is 3190. The maximum Gasteiger partial charge on any atom is 0.329 e. The van der Waals surface area contributed by atoms with Gasteiger partial charge in [0, 0.05) is 38.7 Å². The predicted octanol–water partition coefficient (Wildman–Crippen LogP) is 11.9. The molecule has 9 fully saturated rings. The molecule has 292 valence electrons. The standard InChI is InChI=1S/C58H52BN/c1-29-13-42-40-21-41-37-7-4-5-9-46(37)54(2,3)51(41)38-8-6-10-48(50(38)40)59-52(42)43(14-29)45-20-32(55-24-35-16-33-17-36(25-55)58(33,35)28-55)19-44-39-18-31(11-12-49(39)60(59)53(44)45)56-23-34-15-30-22-57(34,27-56)47(30)26-56/h4-14,18-20,30,33-36,40,47H,15-17,21-28H2,1-3H3. The highest BCUT2D eigenvalue weighted by atomic mass is 14.9. The van der Waals surface area contributed by atoms with Gasteiger partial charge < -0.3 is 4.48 Å². The van der Waals surface area contributed by atoms with Crippen LogP contribution >= 0.6 is 0 Å². The van der Waals surface area contributed by atoms with Crippen LogP contribution in [0.2, 0.25) is 0 Å². The van der Waals surface area contributed by atoms with Crippen molar-refractivity contribution in [3.8, 4) is 11.1 Å². The van der Waals surface area contributed by atoms with Crippen LogP contribution in [0.5, 0.6) is 0 Å². The summed E-state index contributed by atoms with van der Waals surface area (Å²) in [5, 5.41) is 3.14. The van der Waals surface area contributed by atoms with Gasteiger partial charge in [0.25, 0.3) is 0 Å². The van der Waals surface area contributed by atoms with Gasteiger partial charge in [0.2, 0.25) is 0 Å². The van der Waals surface area contributed by atoms with Gasteiger partial charge in [-0.1, -0.05) is 80.1 Å². The van der Waals surface area contributed by atoms with Crippen LogP contribution in [0.15, 0.2) is 84.9 Å². The topological polar surface area (TPSA) is 4.93 Å². The molecule has 11 aliphatic carbocycles. The summed E-state index contributed by atoms with van der Waals surface area (Å²) >= 11 is 0. The lowest BCUT2D eigenvalue weighted by Gasteiger charge is -2.66. The third-order valence-electron chi connectivity index (χ3n) is 22.6. The number of hydrogen-bond donors (Lipinski definition) is 0. The van der Waals surface area contributed by atoms with Gasteiger partial charge in [0.05, 0.1) is 0 Å². The van der Waals surface area contributed by atoms with Crippen LogP contribution in [0, 0.1) is 53.3 Å². The Kier molecular flexibility index (Phi) is 4.78. The summed E-state index contributed by atoms with van der Waals surface area (Å²) in [6.45, 7) is 7.58. The number of rotatable bonds is 2. The first-order valence-electron chi connectivity index (χ1n) is 24.4. The highest BCUT2D eigenvalue weighted by Gasteiger charge is 2.78. The van der Waals surface area contributed by atoms with E-state index in [1.807, 2.05) is 0 Å². The third kappa shape index (κ3) is 2.95. The van der Waals surface area contributed by atoms with Gasteiger partial charge >= 0.3 is 6.85 Å². The van der Waals surface area contributed by atoms with E-state index in [2.05, 4.69) is 110 Å². The summed E-state index contributed by atoms with van der Waals surface area (Å²) in [5.41, 5.74) is 27.3. The van der Waals surface area contributed by atoms with Crippen molar-refractivity contribution in [1.29, 1.82) is 0 Å². The van der Waals surface area contributed by atoms with Crippen LogP contribution in [-0.4, -0.2) is 11.3 Å². The molecule has 9 saturated carbocycles. The Morgan fingerprint density at radius 2 is 1.48 bits per heavy atom. The lowest BCUT2D eigenvalue weighted by molar-refractivity contribution is -0.175. The van der Waals surface area contributed by atoms with Gasteiger partial charge in [-0.2, -0.15) is 0 Å². The van der Waals surface area contributed by atoms with Crippen LogP contribution < -0.4 is 10.9 Å². The second kappa shape index (κ2) is 9.10. The van der Waals surface area contributed by atoms with Crippen LogP contribution in [0.3, 0.4) is 0 Å². The van der Waals surface area contributed by atoms with Crippen molar-refractivity contribution in [2.75, 3.05) is 0 Å². The molecule has 0 amide bonds. The van der Waals surface area contributed by atoms with E-state index in [0.717, 1.165) is 41.9 Å². The minimum absolute atomic E-state index is 0.0136. The van der Waals surface area contributed by atoms with E-state index in [4.69, 9.17) is 0 Å². The van der Waals surface area contributed by atoms with Crippen molar-refractivity contribution < 1.29 is 0 Å². The maximum atomic E-state index is 2.92. The molecule has 60 heavy (non-hydrogen) atoms. The fourth-order valence-corrected chi connectivity index (χ4v) is 20.9. The molecular weight excluding hydrogens is 721 g/mol. The fraction of sp³-hybridized carbons (Fsp3) is 0.448. The molecule has 8 atom stereocenters. The van der Waals surface area contributed by atoms with Crippen LogP contribution in [0.25, 0.3) is 44.1 Å². The van der Waals surface area contributed by atoms with E-state index in [1.165, 1.54) is 84.7 Å². The molecule has 13 aliphatic rings. The van der Waals surface area contributed by atoms with E-state index in [1.54, 1.807) is 79.1 Å². The molecule has 3 heterocycles. The Balaban J connectivity index is 0.929. The zero-order valence-electron chi connectivity index (χ0n) is 35.4. The number of benzene rings is 5. The quantitative estimate of drug-likeness (QED) is 0.154. The number of aryl methyl sites for hydroxylation is 1. The second-order valence-corrected chi connectivity index (χ2v) is 24.5. The molecular formula is C58H52BN. The normalized spacial score (nSPS) is 40.3. The van der Waals surface area contributed by atoms with Crippen molar-refractivity contribution in [1.82, 2.24) is 4.48 Å². The van der Waals surface area contributed by atoms with Crippen LogP contribution in [0.4, 0.5) is 0 Å². The Hall–Kier alpha value is -4.30. The van der Waals surface area contributed by atoms with Crippen molar-refractivity contribution in [3.05, 3.63) is 129 Å². The second-order valence-electron chi connectivity index (χ2n) is 24.5. The molecule has 1 nitrogen and oxygen atoms in total. The SMILES string of the molecule is Cc1cc2c3c(c1)C1CC4=C(c5cccc(c51)B3n1c3ccc(C56CC7CC8CC7(C5)C8C6)cc3c3cc(C56CC7CC8CC(C5)C87C6)cc-2c31)C(C)(C)c1ccccc14. The average Bonchev–Trinajstić information content (AvgIpc) is 4.09. The van der Waals surface area contributed by atoms with Crippen molar-refractivity contribution in [3.63, 3.8) is 0 Å². The predicted molar refractivity (Wildman–Crippen MR) is 245 cm³/mol. The average molecular weight is 774 g/mol. The van der Waals surface area contributed by atoms with E-state index in [0.29, 0.717) is 27.6 Å². The number of fused-ring (bicyclic) bond motifs is 12. The third-order valence-corrected chi connectivity index (χ3v) is 22.6. The Morgan fingerprint density at radius 1 is 0.667 bits per heavy atom. The Morgan fingerprint density at radius 3 is 2.32 bits per heavy atom. The van der Waals surface area contributed by atoms with Gasteiger partial charge in [0.15, 0.2) is 0 Å². The first-order valence-corrected chi connectivity index (χ1v) is 24.4. The highest BCUT2D eigenvalue weighted by molar-refractivity contribution is 6.88. The molecule has 1 aromatic heterocycles. The summed E-state index contributed by atoms with van der Waals surface area (Å²) in [7, 11) is 0. The minimum atomic E-state index is -0.0136. The first kappa shape index (κ1) is 31.5. The summed E-state index contributed by atoms with van der Waals surface area (Å²) in [5.74, 6) is 6.47. The molecule has 2 heteroatoms. The molecule has 5 aromatic carbocycles. The zero-order chi connectivity index (χ0) is 38.8. The molecule has 8 unspecified atom stereocenters. The number of aromatic nitrogens is 1. The van der Waals surface area contributed by atoms with Crippen molar-refractivity contribution in [2.45, 2.75) is 114 Å². The number of hydrogen-bond acceptors (Lipinski definition) is 0. The minimum Gasteiger partial charge on any atom is -0.375 e. The van der Waals surface area contributed by atoms with Crippen LogP contribution in [-0.2, 0) is 16.2 Å². The van der Waals surface area contributed by atoms with Gasteiger partial charge in [-0.15, -0.1) is 0 Å². The number of allylic oxidation sites excluding steroid dienone is 2. The number of nitrogens with zero attached hydrogens (tertiary/aromatic N) is 1. The van der Waals surface area contributed by atoms with E-state index >= 15 is 0 Å². The lowest BCUT2D eigenvalue weighted by Crippen LogP contribution is -2.59. The lowest BCUT2D eigenvalue weighted by atomic mass is 9.38. The molecule has 6 aromatic rings. The first-order chi connectivity index (χ1) is 29.2. The van der Waals surface area contributed by atoms with Gasteiger partial charge in [0.1, 0.15) is 0 Å². The summed E-state index contributed by atoms with van der Waals surface area (Å²) in [6.07, 6.45) is 16.0. The molecule has 2 spiro atoms. The van der Waals surface area contributed by atoms with Gasteiger partial charge in [-0.05, 0) is 226 Å². The zero-order valence-corrected chi connectivity index (χ0v) is 35.4. The van der Waals surface area contributed by atoms with E-state index in [-0.39, 0.29) is 12.3 Å². The maximum absolute atomic E-state index is 2.92. The molecule has 0 N–H and O–H groups in total. The largest absolute Gasteiger partial charge is 0.375 e. The summed E-state index contributed by atoms with van der Waals surface area (Å²) in [4.78, 5) is 0. The Labute approximate surface area is 354 Å². The highest BCUT2D eigenvalue weighted by Crippen LogP contribution is 2.85. The fourth-order valence-electron chi connectivity index (χ4n) is 20.9. The van der Waals surface area contributed by atoms with Gasteiger partial charge in [-0.25, -0.2) is 0 Å². The molecule has 0 radical (unpaired) electrons. The molecule has 5 bridgehead atoms. The molecule has 2 aliphatic heterocycles. The van der Waals surface area contributed by atoms with Gasteiger partial charge in [-0.3, -0.25) is 0 Å². The summed E-state index contributed by atoms with van der Waals surface area (Å²) < 4.78 is 2.92. The van der Waals surface area contributed by atoms with E-state index < -0.39 is 0 Å². The van der Waals surface area contributed by atoms with Crippen LogP contribution in [0.1, 0.15) is 135 Å². The smallest absolute Gasteiger partial charge is 0.329 e. The molecule has 19 rings (SSSR count). The van der Waals surface area contributed by atoms with E-state index in [9.17, 15) is 0 Å². The monoisotopic (exact) mass is 773 g/mol.